The van der Waals surface area contributed by atoms with Crippen molar-refractivity contribution in [3.8, 4) is 0 Å². The molecular formula is C16H25N3O6. The van der Waals surface area contributed by atoms with Crippen molar-refractivity contribution in [1.29, 1.82) is 0 Å². The molecule has 9 heteroatoms. The van der Waals surface area contributed by atoms with Crippen LogP contribution in [0.2, 0.25) is 0 Å². The maximum atomic E-state index is 10.8. The van der Waals surface area contributed by atoms with Gasteiger partial charge in [-0.1, -0.05) is 5.16 Å². The van der Waals surface area contributed by atoms with E-state index >= 15 is 0 Å². The van der Waals surface area contributed by atoms with Crippen molar-refractivity contribution in [2.75, 3.05) is 27.4 Å². The van der Waals surface area contributed by atoms with E-state index in [-0.39, 0.29) is 24.4 Å². The number of carboxylic acid groups (broad SMARTS) is 1. The molecule has 2 heterocycles. The van der Waals surface area contributed by atoms with E-state index in [2.05, 4.69) is 15.0 Å². The Morgan fingerprint density at radius 2 is 2.28 bits per heavy atom. The number of hydrogen-bond acceptors (Lipinski definition) is 8. The third-order valence-electron chi connectivity index (χ3n) is 5.22. The summed E-state index contributed by atoms with van der Waals surface area (Å²) in [5.41, 5.74) is -0.210. The third kappa shape index (κ3) is 4.00. The van der Waals surface area contributed by atoms with Crippen molar-refractivity contribution in [2.24, 2.45) is 0 Å². The molecule has 0 amide bonds. The van der Waals surface area contributed by atoms with Crippen LogP contribution in [0.5, 0.6) is 0 Å². The number of rotatable bonds is 8. The number of aliphatic carboxylic acids is 1. The molecule has 3 atom stereocenters. The predicted molar refractivity (Wildman–Crippen MR) is 84.8 cm³/mol. The lowest BCUT2D eigenvalue weighted by atomic mass is 9.79. The van der Waals surface area contributed by atoms with Gasteiger partial charge in [0.05, 0.1) is 18.2 Å². The van der Waals surface area contributed by atoms with E-state index in [0.717, 1.165) is 32.2 Å². The Bertz CT molecular complexity index is 594. The molecule has 1 aromatic heterocycles. The molecule has 140 valence electrons. The molecular weight excluding hydrogens is 330 g/mol. The highest BCUT2D eigenvalue weighted by atomic mass is 16.5. The molecule has 2 aliphatic rings. The molecule has 0 spiro atoms. The molecule has 0 aromatic carbocycles. The lowest BCUT2D eigenvalue weighted by Crippen LogP contribution is -2.51. The summed E-state index contributed by atoms with van der Waals surface area (Å²) in [7, 11) is 3.33. The van der Waals surface area contributed by atoms with E-state index in [1.807, 2.05) is 0 Å². The van der Waals surface area contributed by atoms with Gasteiger partial charge in [-0.15, -0.1) is 0 Å². The van der Waals surface area contributed by atoms with Gasteiger partial charge in [0.25, 0.3) is 0 Å². The van der Waals surface area contributed by atoms with Crippen LogP contribution in [-0.4, -0.2) is 71.2 Å². The van der Waals surface area contributed by atoms with Crippen molar-refractivity contribution >= 4 is 5.97 Å². The number of nitrogens with zero attached hydrogens (tertiary/aromatic N) is 3. The highest BCUT2D eigenvalue weighted by Gasteiger charge is 2.51. The van der Waals surface area contributed by atoms with E-state index in [1.165, 1.54) is 0 Å². The summed E-state index contributed by atoms with van der Waals surface area (Å²) in [6.07, 6.45) is 3.26. The summed E-state index contributed by atoms with van der Waals surface area (Å²) in [5, 5.41) is 12.7. The Kier molecular flexibility index (Phi) is 5.67. The monoisotopic (exact) mass is 355 g/mol. The van der Waals surface area contributed by atoms with Gasteiger partial charge in [0.15, 0.2) is 5.82 Å². The van der Waals surface area contributed by atoms with Crippen LogP contribution in [0.4, 0.5) is 0 Å². The van der Waals surface area contributed by atoms with Crippen molar-refractivity contribution < 1.29 is 28.6 Å². The maximum Gasteiger partial charge on any atom is 0.329 e. The van der Waals surface area contributed by atoms with Crippen LogP contribution >= 0.6 is 0 Å². The SMILES string of the molecule is COCc1noc(CN2CC[C@]3(OC)CC[C@@H](OCC(=O)O)C[C@H]23)n1. The maximum absolute atomic E-state index is 10.8. The highest BCUT2D eigenvalue weighted by Crippen LogP contribution is 2.43. The van der Waals surface area contributed by atoms with E-state index in [9.17, 15) is 4.79 Å². The molecule has 3 rings (SSSR count). The Labute approximate surface area is 146 Å². The van der Waals surface area contributed by atoms with Crippen LogP contribution in [-0.2, 0) is 32.2 Å². The van der Waals surface area contributed by atoms with E-state index in [1.54, 1.807) is 14.2 Å². The number of fused-ring (bicyclic) bond motifs is 1. The average Bonchev–Trinajstić information content (AvgIpc) is 3.19. The Hall–Kier alpha value is -1.55. The molecule has 25 heavy (non-hydrogen) atoms. The molecule has 1 saturated heterocycles. The Balaban J connectivity index is 1.66. The summed E-state index contributed by atoms with van der Waals surface area (Å²) in [4.78, 5) is 17.4. The highest BCUT2D eigenvalue weighted by molar-refractivity contribution is 5.68. The summed E-state index contributed by atoms with van der Waals surface area (Å²) in [5.74, 6) is 0.136. The van der Waals surface area contributed by atoms with Crippen LogP contribution in [0.15, 0.2) is 4.52 Å². The van der Waals surface area contributed by atoms with Gasteiger partial charge in [-0.05, 0) is 25.7 Å². The zero-order valence-corrected chi connectivity index (χ0v) is 14.6. The lowest BCUT2D eigenvalue weighted by Gasteiger charge is -2.43. The van der Waals surface area contributed by atoms with E-state index < -0.39 is 5.97 Å². The summed E-state index contributed by atoms with van der Waals surface area (Å²) in [6, 6.07) is 0.142. The van der Waals surface area contributed by atoms with Gasteiger partial charge in [0, 0.05) is 26.8 Å². The first-order valence-electron chi connectivity index (χ1n) is 8.49. The standard InChI is InChI=1S/C16H25N3O6/c1-22-9-13-17-14(25-18-13)8-19-6-5-16(23-2)4-3-11(7-12(16)19)24-10-15(20)21/h11-12H,3-10H2,1-2H3,(H,20,21)/t11-,12+,16-/m1/s1. The molecule has 0 unspecified atom stereocenters. The van der Waals surface area contributed by atoms with Gasteiger partial charge >= 0.3 is 5.97 Å². The number of carbonyl (C=O) groups is 1. The molecule has 1 saturated carbocycles. The van der Waals surface area contributed by atoms with Gasteiger partial charge in [0.1, 0.15) is 13.2 Å². The fourth-order valence-corrected chi connectivity index (χ4v) is 4.00. The number of methoxy groups -OCH3 is 2. The largest absolute Gasteiger partial charge is 0.480 e. The van der Waals surface area contributed by atoms with Gasteiger partial charge in [-0.3, -0.25) is 4.90 Å². The van der Waals surface area contributed by atoms with Gasteiger partial charge in [-0.25, -0.2) is 4.79 Å². The molecule has 0 radical (unpaired) electrons. The fraction of sp³-hybridized carbons (Fsp3) is 0.812. The first kappa shape index (κ1) is 18.2. The minimum Gasteiger partial charge on any atom is -0.480 e. The summed E-state index contributed by atoms with van der Waals surface area (Å²) in [6.45, 7) is 1.46. The van der Waals surface area contributed by atoms with Crippen LogP contribution in [0.1, 0.15) is 37.4 Å². The second-order valence-corrected chi connectivity index (χ2v) is 6.64. The second-order valence-electron chi connectivity index (χ2n) is 6.64. The van der Waals surface area contributed by atoms with E-state index in [4.69, 9.17) is 23.8 Å². The first-order chi connectivity index (χ1) is 12.1. The van der Waals surface area contributed by atoms with Crippen LogP contribution in [0.25, 0.3) is 0 Å². The Morgan fingerprint density at radius 1 is 1.44 bits per heavy atom. The second kappa shape index (κ2) is 7.77. The average molecular weight is 355 g/mol. The third-order valence-corrected chi connectivity index (χ3v) is 5.22. The smallest absolute Gasteiger partial charge is 0.329 e. The molecule has 1 aliphatic heterocycles. The number of ether oxygens (including phenoxy) is 3. The van der Waals surface area contributed by atoms with Crippen molar-refractivity contribution in [3.05, 3.63) is 11.7 Å². The van der Waals surface area contributed by atoms with Crippen LogP contribution in [0.3, 0.4) is 0 Å². The predicted octanol–water partition coefficient (Wildman–Crippen LogP) is 0.829. The molecule has 1 aromatic rings. The molecule has 2 fully saturated rings. The number of likely N-dealkylation sites (tertiary alicyclic amines) is 1. The van der Waals surface area contributed by atoms with Crippen LogP contribution < -0.4 is 0 Å². The summed E-state index contributed by atoms with van der Waals surface area (Å²) >= 11 is 0. The molecule has 0 bridgehead atoms. The molecule has 9 nitrogen and oxygen atoms in total. The van der Waals surface area contributed by atoms with Gasteiger partial charge < -0.3 is 23.8 Å². The molecule has 1 N–H and O–H groups in total. The minimum atomic E-state index is -0.941. The number of carboxylic acids is 1. The van der Waals surface area contributed by atoms with Gasteiger partial charge in [0.2, 0.25) is 5.89 Å². The zero-order valence-electron chi connectivity index (χ0n) is 14.6. The van der Waals surface area contributed by atoms with E-state index in [0.29, 0.717) is 24.9 Å². The summed E-state index contributed by atoms with van der Waals surface area (Å²) < 4.78 is 21.7. The lowest BCUT2D eigenvalue weighted by molar-refractivity contribution is -0.148. The fourth-order valence-electron chi connectivity index (χ4n) is 4.00. The minimum absolute atomic E-state index is 0.0725. The van der Waals surface area contributed by atoms with Crippen molar-refractivity contribution in [3.63, 3.8) is 0 Å². The molecule has 1 aliphatic carbocycles. The Morgan fingerprint density at radius 3 is 3.00 bits per heavy atom. The number of hydrogen-bond donors (Lipinski definition) is 1. The topological polar surface area (TPSA) is 107 Å². The first-order valence-corrected chi connectivity index (χ1v) is 8.49. The zero-order chi connectivity index (χ0) is 17.9. The van der Waals surface area contributed by atoms with Crippen molar-refractivity contribution in [1.82, 2.24) is 15.0 Å². The van der Waals surface area contributed by atoms with Crippen LogP contribution in [0, 0.1) is 0 Å². The quantitative estimate of drug-likeness (QED) is 0.725. The van der Waals surface area contributed by atoms with Gasteiger partial charge in [-0.2, -0.15) is 4.98 Å². The number of aromatic nitrogens is 2. The normalized spacial score (nSPS) is 29.7. The van der Waals surface area contributed by atoms with Crippen molar-refractivity contribution in [2.45, 2.75) is 56.6 Å².